The van der Waals surface area contributed by atoms with Gasteiger partial charge >= 0.3 is 0 Å². The van der Waals surface area contributed by atoms with Crippen LogP contribution in [-0.2, 0) is 6.54 Å². The quantitative estimate of drug-likeness (QED) is 0.785. The second kappa shape index (κ2) is 3.66. The van der Waals surface area contributed by atoms with E-state index in [0.29, 0.717) is 17.7 Å². The molecule has 0 saturated carbocycles. The molecule has 80 valence electrons. The van der Waals surface area contributed by atoms with Crippen LogP contribution in [0.2, 0.25) is 5.28 Å². The molecule has 0 saturated heterocycles. The van der Waals surface area contributed by atoms with Gasteiger partial charge < -0.3 is 4.42 Å². The Labute approximate surface area is 92.1 Å². The minimum Gasteiger partial charge on any atom is -0.444 e. The van der Waals surface area contributed by atoms with Crippen LogP contribution < -0.4 is 0 Å². The fourth-order valence-electron chi connectivity index (χ4n) is 1.40. The predicted molar refractivity (Wildman–Crippen MR) is 54.8 cm³/mol. The van der Waals surface area contributed by atoms with Gasteiger partial charge in [-0.2, -0.15) is 0 Å². The van der Waals surface area contributed by atoms with Crippen LogP contribution in [0.15, 0.2) is 4.42 Å². The Morgan fingerprint density at radius 1 is 1.27 bits per heavy atom. The summed E-state index contributed by atoms with van der Waals surface area (Å²) < 4.78 is 7.22. The average Bonchev–Trinajstić information content (AvgIpc) is 2.63. The fraction of sp³-hybridized carbons (Fsp3) is 0.444. The Morgan fingerprint density at radius 3 is 2.47 bits per heavy atom. The summed E-state index contributed by atoms with van der Waals surface area (Å²) in [6.07, 6.45) is 0. The van der Waals surface area contributed by atoms with E-state index in [4.69, 9.17) is 16.0 Å². The normalized spacial score (nSPS) is 10.9. The number of oxazole rings is 1. The highest BCUT2D eigenvalue weighted by atomic mass is 35.5. The number of hydrogen-bond donors (Lipinski definition) is 0. The van der Waals surface area contributed by atoms with E-state index in [-0.39, 0.29) is 0 Å². The van der Waals surface area contributed by atoms with E-state index in [1.807, 2.05) is 20.8 Å². The molecule has 0 radical (unpaired) electrons. The van der Waals surface area contributed by atoms with E-state index in [2.05, 4.69) is 15.2 Å². The average molecular weight is 227 g/mol. The fourth-order valence-corrected chi connectivity index (χ4v) is 1.62. The standard InChI is InChI=1S/C9H11ClN4O/c1-5-8(15-7(3)11-5)4-14-6(2)12-13-9(14)10/h4H2,1-3H3. The van der Waals surface area contributed by atoms with Crippen LogP contribution in [-0.4, -0.2) is 19.7 Å². The van der Waals surface area contributed by atoms with Crippen LogP contribution in [0.5, 0.6) is 0 Å². The zero-order valence-corrected chi connectivity index (χ0v) is 9.54. The number of aryl methyl sites for hydroxylation is 3. The SMILES string of the molecule is Cc1nc(C)c(Cn2c(C)nnc2Cl)o1. The molecule has 0 aliphatic carbocycles. The molecule has 0 bridgehead atoms. The molecular formula is C9H11ClN4O. The van der Waals surface area contributed by atoms with E-state index in [9.17, 15) is 0 Å². The Kier molecular flexibility index (Phi) is 2.48. The van der Waals surface area contributed by atoms with Crippen molar-refractivity contribution in [2.75, 3.05) is 0 Å². The lowest BCUT2D eigenvalue weighted by molar-refractivity contribution is 0.459. The number of hydrogen-bond acceptors (Lipinski definition) is 4. The molecule has 15 heavy (non-hydrogen) atoms. The molecular weight excluding hydrogens is 216 g/mol. The first-order chi connectivity index (χ1) is 7.08. The van der Waals surface area contributed by atoms with Crippen LogP contribution in [0.3, 0.4) is 0 Å². The highest BCUT2D eigenvalue weighted by Crippen LogP contribution is 2.15. The largest absolute Gasteiger partial charge is 0.444 e. The van der Waals surface area contributed by atoms with Gasteiger partial charge in [0.1, 0.15) is 11.6 Å². The third kappa shape index (κ3) is 1.87. The monoisotopic (exact) mass is 226 g/mol. The first kappa shape index (κ1) is 10.2. The van der Waals surface area contributed by atoms with Gasteiger partial charge in [0.25, 0.3) is 0 Å². The molecule has 0 spiro atoms. The van der Waals surface area contributed by atoms with Crippen molar-refractivity contribution < 1.29 is 4.42 Å². The van der Waals surface area contributed by atoms with Gasteiger partial charge in [-0.05, 0) is 25.4 Å². The Hall–Kier alpha value is -1.36. The summed E-state index contributed by atoms with van der Waals surface area (Å²) >= 11 is 5.88. The van der Waals surface area contributed by atoms with Gasteiger partial charge in [0.05, 0.1) is 12.2 Å². The molecule has 2 heterocycles. The second-order valence-corrected chi connectivity index (χ2v) is 3.68. The Balaban J connectivity index is 2.33. The van der Waals surface area contributed by atoms with Crippen molar-refractivity contribution >= 4 is 11.6 Å². The third-order valence-electron chi connectivity index (χ3n) is 2.19. The van der Waals surface area contributed by atoms with Crippen molar-refractivity contribution in [3.63, 3.8) is 0 Å². The van der Waals surface area contributed by atoms with Crippen molar-refractivity contribution in [2.24, 2.45) is 0 Å². The van der Waals surface area contributed by atoms with Gasteiger partial charge in [0.2, 0.25) is 5.28 Å². The molecule has 0 aliphatic rings. The summed E-state index contributed by atoms with van der Waals surface area (Å²) in [5.74, 6) is 2.20. The van der Waals surface area contributed by atoms with Crippen molar-refractivity contribution in [1.82, 2.24) is 19.7 Å². The van der Waals surface area contributed by atoms with Gasteiger partial charge in [0, 0.05) is 6.92 Å². The maximum Gasteiger partial charge on any atom is 0.225 e. The molecule has 2 aromatic rings. The number of nitrogens with zero attached hydrogens (tertiary/aromatic N) is 4. The highest BCUT2D eigenvalue weighted by molar-refractivity contribution is 6.28. The zero-order chi connectivity index (χ0) is 11.0. The summed E-state index contributed by atoms with van der Waals surface area (Å²) in [6, 6.07) is 0. The zero-order valence-electron chi connectivity index (χ0n) is 8.78. The molecule has 2 rings (SSSR count). The topological polar surface area (TPSA) is 56.7 Å². The third-order valence-corrected chi connectivity index (χ3v) is 2.47. The first-order valence-electron chi connectivity index (χ1n) is 4.56. The molecule has 0 aliphatic heterocycles. The van der Waals surface area contributed by atoms with Crippen molar-refractivity contribution in [1.29, 1.82) is 0 Å². The van der Waals surface area contributed by atoms with Crippen molar-refractivity contribution in [3.05, 3.63) is 28.5 Å². The molecule has 0 amide bonds. The molecule has 6 heteroatoms. The van der Waals surface area contributed by atoms with Gasteiger partial charge in [-0.3, -0.25) is 4.57 Å². The Bertz CT molecular complexity index is 469. The number of rotatable bonds is 2. The lowest BCUT2D eigenvalue weighted by Crippen LogP contribution is -2.02. The van der Waals surface area contributed by atoms with Crippen molar-refractivity contribution in [3.8, 4) is 0 Å². The lowest BCUT2D eigenvalue weighted by atomic mass is 10.3. The van der Waals surface area contributed by atoms with Crippen LogP contribution in [0.1, 0.15) is 23.2 Å². The van der Waals surface area contributed by atoms with Crippen LogP contribution in [0.25, 0.3) is 0 Å². The number of halogens is 1. The van der Waals surface area contributed by atoms with Gasteiger partial charge in [0.15, 0.2) is 5.89 Å². The maximum absolute atomic E-state index is 5.88. The Morgan fingerprint density at radius 2 is 2.00 bits per heavy atom. The highest BCUT2D eigenvalue weighted by Gasteiger charge is 2.12. The molecule has 0 fully saturated rings. The van der Waals surface area contributed by atoms with Gasteiger partial charge in [-0.25, -0.2) is 4.98 Å². The molecule has 2 aromatic heterocycles. The molecule has 0 aromatic carbocycles. The summed E-state index contributed by atoms with van der Waals surface area (Å²) in [7, 11) is 0. The summed E-state index contributed by atoms with van der Waals surface area (Å²) in [5, 5.41) is 7.99. The van der Waals surface area contributed by atoms with Crippen LogP contribution in [0.4, 0.5) is 0 Å². The maximum atomic E-state index is 5.88. The van der Waals surface area contributed by atoms with Crippen LogP contribution in [0, 0.1) is 20.8 Å². The minimum atomic E-state index is 0.362. The van der Waals surface area contributed by atoms with E-state index < -0.39 is 0 Å². The molecule has 0 atom stereocenters. The van der Waals surface area contributed by atoms with E-state index in [0.717, 1.165) is 17.3 Å². The van der Waals surface area contributed by atoms with E-state index >= 15 is 0 Å². The lowest BCUT2D eigenvalue weighted by Gasteiger charge is -2.02. The minimum absolute atomic E-state index is 0.362. The smallest absolute Gasteiger partial charge is 0.225 e. The van der Waals surface area contributed by atoms with Crippen molar-refractivity contribution in [2.45, 2.75) is 27.3 Å². The molecule has 0 unspecified atom stereocenters. The summed E-state index contributed by atoms with van der Waals surface area (Å²) in [4.78, 5) is 4.19. The second-order valence-electron chi connectivity index (χ2n) is 3.34. The summed E-state index contributed by atoms with van der Waals surface area (Å²) in [5.41, 5.74) is 0.872. The van der Waals surface area contributed by atoms with E-state index in [1.165, 1.54) is 0 Å². The van der Waals surface area contributed by atoms with Gasteiger partial charge in [-0.1, -0.05) is 0 Å². The predicted octanol–water partition coefficient (Wildman–Crippen LogP) is 1.89. The molecule has 0 N–H and O–H groups in total. The summed E-state index contributed by atoms with van der Waals surface area (Å²) in [6.45, 7) is 6.08. The number of aromatic nitrogens is 4. The van der Waals surface area contributed by atoms with E-state index in [1.54, 1.807) is 4.57 Å². The van der Waals surface area contributed by atoms with Crippen LogP contribution >= 0.6 is 11.6 Å². The van der Waals surface area contributed by atoms with Gasteiger partial charge in [-0.15, -0.1) is 10.2 Å². The first-order valence-corrected chi connectivity index (χ1v) is 4.94. The molecule has 5 nitrogen and oxygen atoms in total.